The molecule has 1 fully saturated rings. The first kappa shape index (κ1) is 18.4. The van der Waals surface area contributed by atoms with Crippen LogP contribution >= 0.6 is 0 Å². The zero-order valence-electron chi connectivity index (χ0n) is 14.7. The van der Waals surface area contributed by atoms with E-state index in [0.29, 0.717) is 17.2 Å². The van der Waals surface area contributed by atoms with E-state index in [9.17, 15) is 18.0 Å². The van der Waals surface area contributed by atoms with E-state index in [1.807, 2.05) is 0 Å². The minimum Gasteiger partial charge on any atom is -0.353 e. The molecule has 26 heavy (non-hydrogen) atoms. The molecule has 1 aliphatic rings. The van der Waals surface area contributed by atoms with Gasteiger partial charge in [-0.15, -0.1) is 0 Å². The van der Waals surface area contributed by atoms with Crippen molar-refractivity contribution in [2.45, 2.75) is 58.2 Å². The van der Waals surface area contributed by atoms with E-state index in [2.05, 4.69) is 15.4 Å². The van der Waals surface area contributed by atoms with E-state index in [4.69, 9.17) is 0 Å². The van der Waals surface area contributed by atoms with Gasteiger partial charge in [0.2, 0.25) is 5.91 Å². The molecular formula is C18H21F3N4O. The van der Waals surface area contributed by atoms with Crippen LogP contribution in [0.2, 0.25) is 0 Å². The highest BCUT2D eigenvalue weighted by Crippen LogP contribution is 2.29. The molecule has 0 radical (unpaired) electrons. The van der Waals surface area contributed by atoms with Gasteiger partial charge in [0.05, 0.1) is 17.7 Å². The molecule has 1 N–H and O–H groups in total. The van der Waals surface area contributed by atoms with Crippen molar-refractivity contribution in [1.82, 2.24) is 20.1 Å². The highest BCUT2D eigenvalue weighted by molar-refractivity contribution is 5.79. The van der Waals surface area contributed by atoms with Gasteiger partial charge in [0.1, 0.15) is 0 Å². The Kier molecular flexibility index (Phi) is 5.02. The van der Waals surface area contributed by atoms with E-state index in [1.54, 1.807) is 13.8 Å². The predicted molar refractivity (Wildman–Crippen MR) is 89.9 cm³/mol. The van der Waals surface area contributed by atoms with Crippen molar-refractivity contribution in [2.24, 2.45) is 0 Å². The summed E-state index contributed by atoms with van der Waals surface area (Å²) in [6, 6.07) is 2.50. The number of carbonyl (C=O) groups excluding carboxylic acids is 1. The SMILES string of the molecule is Cc1nn(-c2ccc(C(F)(F)F)cn2)c(C)c1CC(=O)NC1CCCC1. The average Bonchev–Trinajstić information content (AvgIpc) is 3.17. The molecule has 5 nitrogen and oxygen atoms in total. The number of rotatable bonds is 4. The second kappa shape index (κ2) is 7.09. The summed E-state index contributed by atoms with van der Waals surface area (Å²) in [5, 5.41) is 7.39. The Morgan fingerprint density at radius 2 is 1.96 bits per heavy atom. The number of carbonyl (C=O) groups is 1. The number of aryl methyl sites for hydroxylation is 1. The van der Waals surface area contributed by atoms with Gasteiger partial charge in [-0.05, 0) is 38.8 Å². The van der Waals surface area contributed by atoms with Gasteiger partial charge in [0.25, 0.3) is 0 Å². The minimum atomic E-state index is -4.43. The predicted octanol–water partition coefficient (Wildman–Crippen LogP) is 3.50. The number of hydrogen-bond acceptors (Lipinski definition) is 3. The maximum absolute atomic E-state index is 12.7. The maximum Gasteiger partial charge on any atom is 0.417 e. The Hall–Kier alpha value is -2.38. The van der Waals surface area contributed by atoms with Crippen LogP contribution in [0.3, 0.4) is 0 Å². The molecule has 2 heterocycles. The first-order chi connectivity index (χ1) is 12.3. The van der Waals surface area contributed by atoms with Crippen LogP contribution in [-0.4, -0.2) is 26.7 Å². The summed E-state index contributed by atoms with van der Waals surface area (Å²) >= 11 is 0. The molecule has 2 aromatic heterocycles. The summed E-state index contributed by atoms with van der Waals surface area (Å²) < 4.78 is 39.5. The molecular weight excluding hydrogens is 345 g/mol. The van der Waals surface area contributed by atoms with Gasteiger partial charge in [-0.25, -0.2) is 9.67 Å². The third kappa shape index (κ3) is 3.89. The molecule has 0 saturated heterocycles. The lowest BCUT2D eigenvalue weighted by Gasteiger charge is -2.12. The Bertz CT molecular complexity index is 790. The Morgan fingerprint density at radius 1 is 1.27 bits per heavy atom. The van der Waals surface area contributed by atoms with Crippen molar-refractivity contribution >= 4 is 5.91 Å². The summed E-state index contributed by atoms with van der Waals surface area (Å²) in [7, 11) is 0. The van der Waals surface area contributed by atoms with Crippen molar-refractivity contribution in [1.29, 1.82) is 0 Å². The van der Waals surface area contributed by atoms with E-state index >= 15 is 0 Å². The van der Waals surface area contributed by atoms with Crippen molar-refractivity contribution in [3.8, 4) is 5.82 Å². The summed E-state index contributed by atoms with van der Waals surface area (Å²) in [5.41, 5.74) is 1.35. The van der Waals surface area contributed by atoms with E-state index in [1.165, 1.54) is 10.7 Å². The first-order valence-corrected chi connectivity index (χ1v) is 8.64. The van der Waals surface area contributed by atoms with E-state index in [-0.39, 0.29) is 18.4 Å². The zero-order chi connectivity index (χ0) is 18.9. The Balaban J connectivity index is 1.78. The van der Waals surface area contributed by atoms with Gasteiger partial charge >= 0.3 is 6.18 Å². The molecule has 0 unspecified atom stereocenters. The van der Waals surface area contributed by atoms with Crippen LogP contribution in [0.4, 0.5) is 13.2 Å². The van der Waals surface area contributed by atoms with Crippen LogP contribution < -0.4 is 5.32 Å². The lowest BCUT2D eigenvalue weighted by Crippen LogP contribution is -2.33. The molecule has 1 amide bonds. The fourth-order valence-corrected chi connectivity index (χ4v) is 3.34. The van der Waals surface area contributed by atoms with Crippen molar-refractivity contribution in [3.05, 3.63) is 40.8 Å². The second-order valence-electron chi connectivity index (χ2n) is 6.69. The summed E-state index contributed by atoms with van der Waals surface area (Å²) in [6.45, 7) is 3.57. The normalized spacial score (nSPS) is 15.4. The number of alkyl halides is 3. The highest BCUT2D eigenvalue weighted by atomic mass is 19.4. The summed E-state index contributed by atoms with van der Waals surface area (Å²) in [4.78, 5) is 16.2. The number of pyridine rings is 1. The third-order valence-electron chi connectivity index (χ3n) is 4.79. The molecule has 0 aliphatic heterocycles. The molecule has 0 bridgehead atoms. The fraction of sp³-hybridized carbons (Fsp3) is 0.500. The smallest absolute Gasteiger partial charge is 0.353 e. The largest absolute Gasteiger partial charge is 0.417 e. The Morgan fingerprint density at radius 3 is 2.54 bits per heavy atom. The summed E-state index contributed by atoms with van der Waals surface area (Å²) in [6.07, 6.45) is 0.870. The molecule has 2 aromatic rings. The van der Waals surface area contributed by atoms with Crippen molar-refractivity contribution in [2.75, 3.05) is 0 Å². The second-order valence-corrected chi connectivity index (χ2v) is 6.69. The van der Waals surface area contributed by atoms with Crippen LogP contribution in [-0.2, 0) is 17.4 Å². The average molecular weight is 366 g/mol. The molecule has 0 atom stereocenters. The van der Waals surface area contributed by atoms with Crippen LogP contribution in [0.1, 0.15) is 48.2 Å². The maximum atomic E-state index is 12.7. The van der Waals surface area contributed by atoms with E-state index in [0.717, 1.165) is 43.5 Å². The lowest BCUT2D eigenvalue weighted by atomic mass is 10.1. The topological polar surface area (TPSA) is 59.8 Å². The molecule has 0 spiro atoms. The molecule has 0 aromatic carbocycles. The molecule has 140 valence electrons. The molecule has 8 heteroatoms. The fourth-order valence-electron chi connectivity index (χ4n) is 3.34. The van der Waals surface area contributed by atoms with Crippen LogP contribution in [0, 0.1) is 13.8 Å². The summed E-state index contributed by atoms with van der Waals surface area (Å²) in [5.74, 6) is 0.240. The van der Waals surface area contributed by atoms with Crippen molar-refractivity contribution in [3.63, 3.8) is 0 Å². The number of halogens is 3. The first-order valence-electron chi connectivity index (χ1n) is 8.64. The van der Waals surface area contributed by atoms with E-state index < -0.39 is 11.7 Å². The van der Waals surface area contributed by atoms with Crippen LogP contribution in [0.5, 0.6) is 0 Å². The van der Waals surface area contributed by atoms with Gasteiger partial charge in [0, 0.05) is 23.5 Å². The molecule has 3 rings (SSSR count). The number of nitrogens with zero attached hydrogens (tertiary/aromatic N) is 3. The minimum absolute atomic E-state index is 0.0528. The molecule has 1 saturated carbocycles. The monoisotopic (exact) mass is 366 g/mol. The van der Waals surface area contributed by atoms with Crippen LogP contribution in [0.15, 0.2) is 18.3 Å². The lowest BCUT2D eigenvalue weighted by molar-refractivity contribution is -0.137. The van der Waals surface area contributed by atoms with Gasteiger partial charge in [-0.3, -0.25) is 4.79 Å². The van der Waals surface area contributed by atoms with Gasteiger partial charge in [-0.1, -0.05) is 12.8 Å². The standard InChI is InChI=1S/C18H21F3N4O/c1-11-15(9-17(26)23-14-5-3-4-6-14)12(2)25(24-11)16-8-7-13(10-22-16)18(19,20)21/h7-8,10,14H,3-6,9H2,1-2H3,(H,23,26). The number of aromatic nitrogens is 3. The number of nitrogens with one attached hydrogen (secondary N) is 1. The molecule has 1 aliphatic carbocycles. The number of hydrogen-bond donors (Lipinski definition) is 1. The van der Waals surface area contributed by atoms with Crippen LogP contribution in [0.25, 0.3) is 5.82 Å². The Labute approximate surface area is 149 Å². The zero-order valence-corrected chi connectivity index (χ0v) is 14.7. The quantitative estimate of drug-likeness (QED) is 0.901. The van der Waals surface area contributed by atoms with Gasteiger partial charge in [0.15, 0.2) is 5.82 Å². The third-order valence-corrected chi connectivity index (χ3v) is 4.79. The highest BCUT2D eigenvalue weighted by Gasteiger charge is 2.31. The van der Waals surface area contributed by atoms with Gasteiger partial charge < -0.3 is 5.32 Å². The van der Waals surface area contributed by atoms with Crippen molar-refractivity contribution < 1.29 is 18.0 Å². The van der Waals surface area contributed by atoms with Gasteiger partial charge in [-0.2, -0.15) is 18.3 Å². The number of amides is 1.